The molecule has 16 heavy (non-hydrogen) atoms. The first-order valence-electron chi connectivity index (χ1n) is 6.07. The average molecular weight is 223 g/mol. The van der Waals surface area contributed by atoms with Gasteiger partial charge in [0.1, 0.15) is 5.82 Å². The van der Waals surface area contributed by atoms with Gasteiger partial charge in [0.15, 0.2) is 5.82 Å². The summed E-state index contributed by atoms with van der Waals surface area (Å²) in [5.74, 6) is 2.03. The zero-order valence-electron chi connectivity index (χ0n) is 10.4. The molecule has 2 rings (SSSR count). The molecule has 5 nitrogen and oxygen atoms in total. The van der Waals surface area contributed by atoms with Gasteiger partial charge in [-0.05, 0) is 6.92 Å². The summed E-state index contributed by atoms with van der Waals surface area (Å²) in [6.45, 7) is 8.64. The molecule has 0 aromatic carbocycles. The molecule has 1 aliphatic rings. The lowest BCUT2D eigenvalue weighted by molar-refractivity contribution is 0.176. The van der Waals surface area contributed by atoms with E-state index in [0.717, 1.165) is 44.2 Å². The summed E-state index contributed by atoms with van der Waals surface area (Å²) in [6.07, 6.45) is 0.905. The van der Waals surface area contributed by atoms with Crippen LogP contribution in [0.4, 0.5) is 0 Å². The lowest BCUT2D eigenvalue weighted by Gasteiger charge is -2.31. The van der Waals surface area contributed by atoms with Crippen LogP contribution in [0.15, 0.2) is 0 Å². The molecule has 0 aliphatic carbocycles. The van der Waals surface area contributed by atoms with Crippen molar-refractivity contribution >= 4 is 0 Å². The van der Waals surface area contributed by atoms with Crippen LogP contribution < -0.4 is 5.32 Å². The number of aryl methyl sites for hydroxylation is 2. The molecule has 1 atom stereocenters. The Hall–Kier alpha value is -0.940. The summed E-state index contributed by atoms with van der Waals surface area (Å²) in [6, 6.07) is 0.361. The van der Waals surface area contributed by atoms with Crippen molar-refractivity contribution < 1.29 is 0 Å². The average Bonchev–Trinajstić information content (AvgIpc) is 2.71. The molecule has 0 amide bonds. The number of nitrogens with one attached hydrogen (secondary N) is 1. The summed E-state index contributed by atoms with van der Waals surface area (Å²) in [4.78, 5) is 7.05. The second kappa shape index (κ2) is 4.93. The molecule has 0 radical (unpaired) electrons. The van der Waals surface area contributed by atoms with Gasteiger partial charge in [0.05, 0.1) is 6.04 Å². The fourth-order valence-corrected chi connectivity index (χ4v) is 2.20. The van der Waals surface area contributed by atoms with Crippen LogP contribution in [-0.4, -0.2) is 45.8 Å². The Bertz CT molecular complexity index is 340. The predicted molar refractivity (Wildman–Crippen MR) is 63.2 cm³/mol. The Balaban J connectivity index is 2.12. The van der Waals surface area contributed by atoms with Gasteiger partial charge in [-0.15, -0.1) is 0 Å². The van der Waals surface area contributed by atoms with Crippen LogP contribution in [0.3, 0.4) is 0 Å². The van der Waals surface area contributed by atoms with E-state index in [4.69, 9.17) is 0 Å². The van der Waals surface area contributed by atoms with Crippen LogP contribution in [0.2, 0.25) is 0 Å². The van der Waals surface area contributed by atoms with Crippen molar-refractivity contribution in [2.45, 2.75) is 26.3 Å². The maximum absolute atomic E-state index is 4.59. The number of hydrogen-bond acceptors (Lipinski definition) is 4. The van der Waals surface area contributed by atoms with Crippen LogP contribution in [0, 0.1) is 0 Å². The van der Waals surface area contributed by atoms with Gasteiger partial charge in [-0.2, -0.15) is 5.10 Å². The van der Waals surface area contributed by atoms with E-state index in [1.165, 1.54) is 0 Å². The van der Waals surface area contributed by atoms with Crippen LogP contribution in [0.5, 0.6) is 0 Å². The number of piperazine rings is 1. The van der Waals surface area contributed by atoms with Gasteiger partial charge in [0, 0.05) is 39.6 Å². The van der Waals surface area contributed by atoms with E-state index in [1.54, 1.807) is 0 Å². The Labute approximate surface area is 96.8 Å². The molecule has 90 valence electrons. The second-order valence-electron chi connectivity index (χ2n) is 4.33. The zero-order valence-corrected chi connectivity index (χ0v) is 10.4. The smallest absolute Gasteiger partial charge is 0.150 e. The minimum Gasteiger partial charge on any atom is -0.314 e. The highest BCUT2D eigenvalue weighted by atomic mass is 15.4. The topological polar surface area (TPSA) is 46.0 Å². The van der Waals surface area contributed by atoms with Gasteiger partial charge in [0.2, 0.25) is 0 Å². The standard InChI is InChI=1S/C11H21N5/c1-4-10-13-11(15(3)14-10)9(2)16-7-5-12-6-8-16/h9,12H,4-8H2,1-3H3. The molecule has 1 unspecified atom stereocenters. The maximum Gasteiger partial charge on any atom is 0.150 e. The molecule has 1 N–H and O–H groups in total. The molecule has 0 bridgehead atoms. The van der Waals surface area contributed by atoms with Crippen LogP contribution in [0.1, 0.15) is 31.5 Å². The third-order valence-corrected chi connectivity index (χ3v) is 3.23. The Kier molecular flexibility index (Phi) is 3.56. The molecular weight excluding hydrogens is 202 g/mol. The highest BCUT2D eigenvalue weighted by Crippen LogP contribution is 2.18. The minimum atomic E-state index is 0.361. The van der Waals surface area contributed by atoms with Gasteiger partial charge in [-0.25, -0.2) is 4.98 Å². The van der Waals surface area contributed by atoms with Crippen molar-refractivity contribution in [1.29, 1.82) is 0 Å². The molecular formula is C11H21N5. The molecule has 5 heteroatoms. The number of hydrogen-bond donors (Lipinski definition) is 1. The van der Waals surface area contributed by atoms with E-state index in [0.29, 0.717) is 6.04 Å². The second-order valence-corrected chi connectivity index (χ2v) is 4.33. The van der Waals surface area contributed by atoms with Gasteiger partial charge in [0.25, 0.3) is 0 Å². The molecule has 1 aromatic rings. The Morgan fingerprint density at radius 2 is 2.06 bits per heavy atom. The lowest BCUT2D eigenvalue weighted by Crippen LogP contribution is -2.44. The highest BCUT2D eigenvalue weighted by Gasteiger charge is 2.22. The van der Waals surface area contributed by atoms with Crippen molar-refractivity contribution in [2.75, 3.05) is 26.2 Å². The maximum atomic E-state index is 4.59. The van der Waals surface area contributed by atoms with Crippen molar-refractivity contribution in [3.8, 4) is 0 Å². The SMILES string of the molecule is CCc1nc(C(C)N2CCNCC2)n(C)n1. The highest BCUT2D eigenvalue weighted by molar-refractivity contribution is 4.99. The van der Waals surface area contributed by atoms with Gasteiger partial charge >= 0.3 is 0 Å². The molecule has 1 aromatic heterocycles. The molecule has 0 spiro atoms. The summed E-state index contributed by atoms with van der Waals surface area (Å²) in [5.41, 5.74) is 0. The summed E-state index contributed by atoms with van der Waals surface area (Å²) in [5, 5.41) is 7.78. The quantitative estimate of drug-likeness (QED) is 0.803. The van der Waals surface area contributed by atoms with Gasteiger partial charge in [-0.1, -0.05) is 6.92 Å². The van der Waals surface area contributed by atoms with Crippen molar-refractivity contribution in [3.63, 3.8) is 0 Å². The minimum absolute atomic E-state index is 0.361. The molecule has 1 aliphatic heterocycles. The number of nitrogens with zero attached hydrogens (tertiary/aromatic N) is 4. The Morgan fingerprint density at radius 3 is 2.62 bits per heavy atom. The molecule has 2 heterocycles. The Morgan fingerprint density at radius 1 is 1.38 bits per heavy atom. The molecule has 1 fully saturated rings. The fraction of sp³-hybridized carbons (Fsp3) is 0.818. The van der Waals surface area contributed by atoms with Crippen LogP contribution in [-0.2, 0) is 13.5 Å². The first-order valence-corrected chi connectivity index (χ1v) is 6.07. The third-order valence-electron chi connectivity index (χ3n) is 3.23. The van der Waals surface area contributed by atoms with E-state index in [2.05, 4.69) is 34.1 Å². The number of rotatable bonds is 3. The van der Waals surface area contributed by atoms with E-state index < -0.39 is 0 Å². The van der Waals surface area contributed by atoms with Crippen molar-refractivity contribution in [2.24, 2.45) is 7.05 Å². The van der Waals surface area contributed by atoms with E-state index in [9.17, 15) is 0 Å². The molecule has 0 saturated carbocycles. The van der Waals surface area contributed by atoms with Crippen molar-refractivity contribution in [3.05, 3.63) is 11.6 Å². The van der Waals surface area contributed by atoms with E-state index >= 15 is 0 Å². The monoisotopic (exact) mass is 223 g/mol. The summed E-state index contributed by atoms with van der Waals surface area (Å²) < 4.78 is 1.92. The summed E-state index contributed by atoms with van der Waals surface area (Å²) in [7, 11) is 1.99. The first kappa shape index (κ1) is 11.5. The van der Waals surface area contributed by atoms with Crippen LogP contribution >= 0.6 is 0 Å². The van der Waals surface area contributed by atoms with Crippen LogP contribution in [0.25, 0.3) is 0 Å². The summed E-state index contributed by atoms with van der Waals surface area (Å²) >= 11 is 0. The zero-order chi connectivity index (χ0) is 11.5. The third kappa shape index (κ3) is 2.25. The van der Waals surface area contributed by atoms with Gasteiger partial charge < -0.3 is 5.32 Å². The fourth-order valence-electron chi connectivity index (χ4n) is 2.20. The largest absolute Gasteiger partial charge is 0.314 e. The van der Waals surface area contributed by atoms with Crippen molar-refractivity contribution in [1.82, 2.24) is 25.0 Å². The normalized spacial score (nSPS) is 19.9. The van der Waals surface area contributed by atoms with Gasteiger partial charge in [-0.3, -0.25) is 9.58 Å². The van der Waals surface area contributed by atoms with E-state index in [1.807, 2.05) is 11.7 Å². The van der Waals surface area contributed by atoms with E-state index in [-0.39, 0.29) is 0 Å². The predicted octanol–water partition coefficient (Wildman–Crippen LogP) is 0.344. The number of aromatic nitrogens is 3. The lowest BCUT2D eigenvalue weighted by atomic mass is 10.2. The first-order chi connectivity index (χ1) is 7.72. The molecule has 1 saturated heterocycles.